The van der Waals surface area contributed by atoms with Gasteiger partial charge in [-0.1, -0.05) is 19.9 Å². The average molecular weight is 204 g/mol. The minimum Gasteiger partial charge on any atom is -0.254 e. The molecule has 14 heavy (non-hydrogen) atoms. The fraction of sp³-hybridized carbons (Fsp3) is 0.273. The van der Waals surface area contributed by atoms with Crippen molar-refractivity contribution in [1.82, 2.24) is 9.97 Å². The van der Waals surface area contributed by atoms with Crippen LogP contribution in [0.5, 0.6) is 0 Å². The van der Waals surface area contributed by atoms with Crippen LogP contribution < -0.4 is 0 Å². The van der Waals surface area contributed by atoms with Gasteiger partial charge in [0.2, 0.25) is 0 Å². The lowest BCUT2D eigenvalue weighted by Crippen LogP contribution is -1.78. The summed E-state index contributed by atoms with van der Waals surface area (Å²) in [5.74, 6) is 0.546. The second-order valence-electron chi connectivity index (χ2n) is 3.44. The van der Waals surface area contributed by atoms with Crippen LogP contribution in [0.4, 0.5) is 0 Å². The van der Waals surface area contributed by atoms with E-state index in [1.165, 1.54) is 4.88 Å². The molecule has 0 aromatic carbocycles. The van der Waals surface area contributed by atoms with E-state index in [1.54, 1.807) is 17.5 Å². The van der Waals surface area contributed by atoms with Crippen LogP contribution in [0.25, 0.3) is 10.7 Å². The van der Waals surface area contributed by atoms with Crippen molar-refractivity contribution >= 4 is 11.3 Å². The highest BCUT2D eigenvalue weighted by Gasteiger charge is 2.07. The summed E-state index contributed by atoms with van der Waals surface area (Å²) in [7, 11) is 0. The Bertz CT molecular complexity index is 406. The molecule has 3 heteroatoms. The highest BCUT2D eigenvalue weighted by atomic mass is 32.1. The van der Waals surface area contributed by atoms with Crippen LogP contribution in [0, 0.1) is 0 Å². The molecule has 0 spiro atoms. The molecule has 2 aromatic heterocycles. The molecule has 2 nitrogen and oxygen atoms in total. The maximum absolute atomic E-state index is 4.36. The van der Waals surface area contributed by atoms with Gasteiger partial charge in [0.15, 0.2) is 0 Å². The molecular formula is C11H12N2S. The smallest absolute Gasteiger partial charge is 0.142 e. The van der Waals surface area contributed by atoms with Gasteiger partial charge in [-0.2, -0.15) is 0 Å². The number of rotatable bonds is 2. The summed E-state index contributed by atoms with van der Waals surface area (Å²) in [6.45, 7) is 4.35. The van der Waals surface area contributed by atoms with Crippen molar-refractivity contribution in [2.75, 3.05) is 0 Å². The van der Waals surface area contributed by atoms with Crippen LogP contribution in [-0.2, 0) is 0 Å². The second-order valence-corrected chi connectivity index (χ2v) is 4.50. The predicted molar refractivity (Wildman–Crippen MR) is 59.4 cm³/mol. The molecular weight excluding hydrogens is 192 g/mol. The molecule has 0 aliphatic heterocycles. The van der Waals surface area contributed by atoms with Crippen LogP contribution in [0.15, 0.2) is 30.6 Å². The molecule has 72 valence electrons. The molecule has 2 rings (SSSR count). The molecule has 0 atom stereocenters. The van der Waals surface area contributed by atoms with Crippen LogP contribution in [0.1, 0.15) is 24.6 Å². The summed E-state index contributed by atoms with van der Waals surface area (Å²) in [6, 6.07) is 5.89. The summed E-state index contributed by atoms with van der Waals surface area (Å²) in [5.41, 5.74) is 0.962. The van der Waals surface area contributed by atoms with Gasteiger partial charge in [0.1, 0.15) is 5.01 Å². The Balaban J connectivity index is 2.34. The van der Waals surface area contributed by atoms with E-state index in [-0.39, 0.29) is 0 Å². The van der Waals surface area contributed by atoms with Gasteiger partial charge >= 0.3 is 0 Å². The zero-order chi connectivity index (χ0) is 9.97. The first-order valence-electron chi connectivity index (χ1n) is 4.64. The predicted octanol–water partition coefficient (Wildman–Crippen LogP) is 3.33. The van der Waals surface area contributed by atoms with E-state index in [0.717, 1.165) is 10.7 Å². The first kappa shape index (κ1) is 9.34. The average Bonchev–Trinajstić information content (AvgIpc) is 2.68. The maximum Gasteiger partial charge on any atom is 0.142 e. The SMILES string of the molecule is CC(C)c1cnc(-c2ccccn2)s1. The van der Waals surface area contributed by atoms with E-state index in [0.29, 0.717) is 5.92 Å². The maximum atomic E-state index is 4.36. The Hall–Kier alpha value is -1.22. The van der Waals surface area contributed by atoms with Gasteiger partial charge in [0.05, 0.1) is 5.69 Å². The van der Waals surface area contributed by atoms with Gasteiger partial charge in [-0.3, -0.25) is 4.98 Å². The molecule has 0 saturated heterocycles. The van der Waals surface area contributed by atoms with Crippen molar-refractivity contribution in [2.45, 2.75) is 19.8 Å². The normalized spacial score (nSPS) is 10.8. The fourth-order valence-corrected chi connectivity index (χ4v) is 2.06. The lowest BCUT2D eigenvalue weighted by atomic mass is 10.2. The zero-order valence-electron chi connectivity index (χ0n) is 8.27. The summed E-state index contributed by atoms with van der Waals surface area (Å²) < 4.78 is 0. The molecule has 0 N–H and O–H groups in total. The third-order valence-electron chi connectivity index (χ3n) is 1.98. The monoisotopic (exact) mass is 204 g/mol. The van der Waals surface area contributed by atoms with E-state index in [1.807, 2.05) is 24.4 Å². The quantitative estimate of drug-likeness (QED) is 0.750. The number of nitrogens with zero attached hydrogens (tertiary/aromatic N) is 2. The Labute approximate surface area is 87.7 Å². The lowest BCUT2D eigenvalue weighted by Gasteiger charge is -1.96. The first-order chi connectivity index (χ1) is 6.77. The number of hydrogen-bond acceptors (Lipinski definition) is 3. The topological polar surface area (TPSA) is 25.8 Å². The van der Waals surface area contributed by atoms with Gasteiger partial charge in [0, 0.05) is 17.3 Å². The first-order valence-corrected chi connectivity index (χ1v) is 5.46. The van der Waals surface area contributed by atoms with Crippen molar-refractivity contribution in [3.05, 3.63) is 35.5 Å². The Kier molecular flexibility index (Phi) is 2.59. The van der Waals surface area contributed by atoms with Crippen LogP contribution in [0.3, 0.4) is 0 Å². The van der Waals surface area contributed by atoms with Crippen LogP contribution >= 0.6 is 11.3 Å². The van der Waals surface area contributed by atoms with E-state index in [2.05, 4.69) is 23.8 Å². The molecule has 0 fully saturated rings. The molecule has 0 amide bonds. The zero-order valence-corrected chi connectivity index (χ0v) is 9.08. The molecule has 0 radical (unpaired) electrons. The van der Waals surface area contributed by atoms with Gasteiger partial charge in [0.25, 0.3) is 0 Å². The lowest BCUT2D eigenvalue weighted by molar-refractivity contribution is 0.885. The van der Waals surface area contributed by atoms with Crippen molar-refractivity contribution in [1.29, 1.82) is 0 Å². The Morgan fingerprint density at radius 3 is 2.64 bits per heavy atom. The van der Waals surface area contributed by atoms with Crippen molar-refractivity contribution in [2.24, 2.45) is 0 Å². The molecule has 0 aliphatic rings. The van der Waals surface area contributed by atoms with Crippen LogP contribution in [-0.4, -0.2) is 9.97 Å². The summed E-state index contributed by atoms with van der Waals surface area (Å²) in [5, 5.41) is 1.01. The molecule has 2 aromatic rings. The molecule has 0 aliphatic carbocycles. The van der Waals surface area contributed by atoms with E-state index >= 15 is 0 Å². The Morgan fingerprint density at radius 2 is 2.07 bits per heavy atom. The van der Waals surface area contributed by atoms with Crippen LogP contribution in [0.2, 0.25) is 0 Å². The minimum absolute atomic E-state index is 0.546. The molecule has 0 saturated carbocycles. The van der Waals surface area contributed by atoms with Crippen molar-refractivity contribution in [3.8, 4) is 10.7 Å². The van der Waals surface area contributed by atoms with Gasteiger partial charge in [-0.25, -0.2) is 4.98 Å². The Morgan fingerprint density at radius 1 is 1.21 bits per heavy atom. The number of hydrogen-bond donors (Lipinski definition) is 0. The number of thiazole rings is 1. The second kappa shape index (κ2) is 3.88. The minimum atomic E-state index is 0.546. The fourth-order valence-electron chi connectivity index (χ4n) is 1.16. The van der Waals surface area contributed by atoms with Crippen molar-refractivity contribution in [3.63, 3.8) is 0 Å². The molecule has 0 bridgehead atoms. The number of pyridine rings is 1. The van der Waals surface area contributed by atoms with Gasteiger partial charge in [-0.15, -0.1) is 11.3 Å². The van der Waals surface area contributed by atoms with E-state index in [9.17, 15) is 0 Å². The third kappa shape index (κ3) is 1.82. The molecule has 2 heterocycles. The van der Waals surface area contributed by atoms with E-state index < -0.39 is 0 Å². The highest BCUT2D eigenvalue weighted by molar-refractivity contribution is 7.15. The number of aromatic nitrogens is 2. The highest BCUT2D eigenvalue weighted by Crippen LogP contribution is 2.27. The van der Waals surface area contributed by atoms with Gasteiger partial charge < -0.3 is 0 Å². The standard InChI is InChI=1S/C11H12N2S/c1-8(2)10-7-13-11(14-10)9-5-3-4-6-12-9/h3-8H,1-2H3. The van der Waals surface area contributed by atoms with Crippen molar-refractivity contribution < 1.29 is 0 Å². The summed E-state index contributed by atoms with van der Waals surface area (Å²) in [6.07, 6.45) is 3.74. The van der Waals surface area contributed by atoms with Gasteiger partial charge in [-0.05, 0) is 18.1 Å². The summed E-state index contributed by atoms with van der Waals surface area (Å²) >= 11 is 1.72. The third-order valence-corrected chi connectivity index (χ3v) is 3.30. The van der Waals surface area contributed by atoms with E-state index in [4.69, 9.17) is 0 Å². The molecule has 0 unspecified atom stereocenters. The largest absolute Gasteiger partial charge is 0.254 e. The summed E-state index contributed by atoms with van der Waals surface area (Å²) in [4.78, 5) is 9.94.